The molecule has 0 heterocycles. The van der Waals surface area contributed by atoms with Crippen molar-refractivity contribution in [1.82, 2.24) is 0 Å². The topological polar surface area (TPSA) is 29.5 Å². The monoisotopic (exact) mass is 184 g/mol. The molecule has 2 aliphatic carbocycles. The highest BCUT2D eigenvalue weighted by Gasteiger charge is 2.42. The van der Waals surface area contributed by atoms with Crippen LogP contribution in [0.2, 0.25) is 0 Å². The summed E-state index contributed by atoms with van der Waals surface area (Å²) >= 11 is 0. The molecule has 0 spiro atoms. The number of aliphatic hydroxyl groups excluding tert-OH is 1. The van der Waals surface area contributed by atoms with Gasteiger partial charge in [0.25, 0.3) is 0 Å². The average molecular weight is 184 g/mol. The molecule has 2 fully saturated rings. The van der Waals surface area contributed by atoms with Crippen LogP contribution in [0.5, 0.6) is 0 Å². The molecule has 0 amide bonds. The van der Waals surface area contributed by atoms with Crippen LogP contribution in [0.25, 0.3) is 0 Å². The van der Waals surface area contributed by atoms with Crippen LogP contribution in [-0.2, 0) is 4.74 Å². The quantitative estimate of drug-likeness (QED) is 0.725. The SMILES string of the molecule is COC1(C(O)CC2CC2)CCCC1. The smallest absolute Gasteiger partial charge is 0.0936 e. The van der Waals surface area contributed by atoms with Gasteiger partial charge < -0.3 is 9.84 Å². The first-order valence-corrected chi connectivity index (χ1v) is 5.50. The van der Waals surface area contributed by atoms with Crippen LogP contribution in [0.4, 0.5) is 0 Å². The molecule has 76 valence electrons. The Balaban J connectivity index is 1.92. The van der Waals surface area contributed by atoms with E-state index in [1.807, 2.05) is 0 Å². The van der Waals surface area contributed by atoms with Gasteiger partial charge in [-0.2, -0.15) is 0 Å². The van der Waals surface area contributed by atoms with Gasteiger partial charge in [0, 0.05) is 7.11 Å². The molecule has 1 unspecified atom stereocenters. The second-order valence-corrected chi connectivity index (χ2v) is 4.67. The molecule has 2 heteroatoms. The second-order valence-electron chi connectivity index (χ2n) is 4.67. The van der Waals surface area contributed by atoms with Gasteiger partial charge in [0.05, 0.1) is 11.7 Å². The van der Waals surface area contributed by atoms with E-state index in [4.69, 9.17) is 4.74 Å². The molecular weight excluding hydrogens is 164 g/mol. The molecule has 0 radical (unpaired) electrons. The van der Waals surface area contributed by atoms with Crippen LogP contribution in [0.15, 0.2) is 0 Å². The van der Waals surface area contributed by atoms with E-state index >= 15 is 0 Å². The number of ether oxygens (including phenoxy) is 1. The van der Waals surface area contributed by atoms with Gasteiger partial charge in [-0.15, -0.1) is 0 Å². The maximum Gasteiger partial charge on any atom is 0.0936 e. The van der Waals surface area contributed by atoms with Crippen molar-refractivity contribution in [3.8, 4) is 0 Å². The molecule has 1 N–H and O–H groups in total. The van der Waals surface area contributed by atoms with Gasteiger partial charge >= 0.3 is 0 Å². The first-order chi connectivity index (χ1) is 6.27. The minimum absolute atomic E-state index is 0.178. The fraction of sp³-hybridized carbons (Fsp3) is 1.00. The van der Waals surface area contributed by atoms with Crippen molar-refractivity contribution in [2.75, 3.05) is 7.11 Å². The Hall–Kier alpha value is -0.0800. The Morgan fingerprint density at radius 3 is 2.46 bits per heavy atom. The zero-order valence-electron chi connectivity index (χ0n) is 8.46. The third-order valence-corrected chi connectivity index (χ3v) is 3.72. The predicted molar refractivity (Wildman–Crippen MR) is 51.6 cm³/mol. The molecule has 0 saturated heterocycles. The van der Waals surface area contributed by atoms with Gasteiger partial charge in [0.15, 0.2) is 0 Å². The third kappa shape index (κ3) is 1.89. The summed E-state index contributed by atoms with van der Waals surface area (Å²) in [6, 6.07) is 0. The van der Waals surface area contributed by atoms with E-state index in [0.717, 1.165) is 25.2 Å². The first-order valence-electron chi connectivity index (χ1n) is 5.50. The zero-order chi connectivity index (χ0) is 9.31. The highest BCUT2D eigenvalue weighted by Crippen LogP contribution is 2.42. The number of aliphatic hydroxyl groups is 1. The molecule has 1 atom stereocenters. The van der Waals surface area contributed by atoms with Gasteiger partial charge in [-0.1, -0.05) is 25.7 Å². The van der Waals surface area contributed by atoms with Crippen molar-refractivity contribution < 1.29 is 9.84 Å². The maximum absolute atomic E-state index is 10.1. The van der Waals surface area contributed by atoms with Crippen LogP contribution >= 0.6 is 0 Å². The first kappa shape index (κ1) is 9.47. The summed E-state index contributed by atoms with van der Waals surface area (Å²) in [6.07, 6.45) is 7.93. The second kappa shape index (κ2) is 3.58. The molecule has 13 heavy (non-hydrogen) atoms. The molecule has 0 aromatic rings. The molecule has 2 aliphatic rings. The molecule has 0 aliphatic heterocycles. The minimum Gasteiger partial charge on any atom is -0.390 e. The third-order valence-electron chi connectivity index (χ3n) is 3.72. The van der Waals surface area contributed by atoms with Crippen molar-refractivity contribution in [1.29, 1.82) is 0 Å². The van der Waals surface area contributed by atoms with Crippen LogP contribution in [0.3, 0.4) is 0 Å². The lowest BCUT2D eigenvalue weighted by Gasteiger charge is -2.32. The van der Waals surface area contributed by atoms with Crippen molar-refractivity contribution in [2.45, 2.75) is 56.7 Å². The summed E-state index contributed by atoms with van der Waals surface area (Å²) in [6.45, 7) is 0. The van der Waals surface area contributed by atoms with Crippen LogP contribution in [0.1, 0.15) is 44.9 Å². The number of hydrogen-bond donors (Lipinski definition) is 1. The van der Waals surface area contributed by atoms with Crippen LogP contribution < -0.4 is 0 Å². The van der Waals surface area contributed by atoms with Gasteiger partial charge in [-0.25, -0.2) is 0 Å². The molecule has 0 bridgehead atoms. The van der Waals surface area contributed by atoms with E-state index in [1.54, 1.807) is 7.11 Å². The molecule has 0 aromatic heterocycles. The summed E-state index contributed by atoms with van der Waals surface area (Å²) < 4.78 is 5.54. The highest BCUT2D eigenvalue weighted by atomic mass is 16.5. The number of hydrogen-bond acceptors (Lipinski definition) is 2. The van der Waals surface area contributed by atoms with Gasteiger partial charge in [0.1, 0.15) is 0 Å². The fourth-order valence-electron chi connectivity index (χ4n) is 2.53. The van der Waals surface area contributed by atoms with Crippen molar-refractivity contribution in [2.24, 2.45) is 5.92 Å². The number of methoxy groups -OCH3 is 1. The van der Waals surface area contributed by atoms with Crippen molar-refractivity contribution >= 4 is 0 Å². The van der Waals surface area contributed by atoms with Crippen molar-refractivity contribution in [3.63, 3.8) is 0 Å². The van der Waals surface area contributed by atoms with Crippen LogP contribution in [-0.4, -0.2) is 23.9 Å². The Bertz CT molecular complexity index is 169. The van der Waals surface area contributed by atoms with E-state index < -0.39 is 0 Å². The van der Waals surface area contributed by atoms with Gasteiger partial charge in [-0.05, 0) is 25.2 Å². The Labute approximate surface area is 80.3 Å². The van der Waals surface area contributed by atoms with Gasteiger partial charge in [-0.3, -0.25) is 0 Å². The summed E-state index contributed by atoms with van der Waals surface area (Å²) in [7, 11) is 1.75. The fourth-order valence-corrected chi connectivity index (χ4v) is 2.53. The van der Waals surface area contributed by atoms with E-state index in [-0.39, 0.29) is 11.7 Å². The van der Waals surface area contributed by atoms with E-state index in [9.17, 15) is 5.11 Å². The minimum atomic E-state index is -0.215. The van der Waals surface area contributed by atoms with Crippen LogP contribution in [0, 0.1) is 5.92 Å². The molecule has 0 aromatic carbocycles. The lowest BCUT2D eigenvalue weighted by atomic mass is 9.91. The molecule has 2 nitrogen and oxygen atoms in total. The number of rotatable bonds is 4. The normalized spacial score (nSPS) is 29.1. The molecule has 2 rings (SSSR count). The van der Waals surface area contributed by atoms with Gasteiger partial charge in [0.2, 0.25) is 0 Å². The standard InChI is InChI=1S/C11H20O2/c1-13-11(6-2-3-7-11)10(12)8-9-4-5-9/h9-10,12H,2-8H2,1H3. The van der Waals surface area contributed by atoms with E-state index in [2.05, 4.69) is 0 Å². The zero-order valence-corrected chi connectivity index (χ0v) is 8.46. The van der Waals surface area contributed by atoms with E-state index in [1.165, 1.54) is 25.7 Å². The molecule has 2 saturated carbocycles. The lowest BCUT2D eigenvalue weighted by Crippen LogP contribution is -2.41. The maximum atomic E-state index is 10.1. The highest BCUT2D eigenvalue weighted by molar-refractivity contribution is 4.95. The average Bonchev–Trinajstić information content (AvgIpc) is 2.83. The summed E-state index contributed by atoms with van der Waals surface area (Å²) in [4.78, 5) is 0. The largest absolute Gasteiger partial charge is 0.390 e. The summed E-state index contributed by atoms with van der Waals surface area (Å²) in [5.74, 6) is 0.794. The lowest BCUT2D eigenvalue weighted by molar-refractivity contribution is -0.102. The Morgan fingerprint density at radius 1 is 1.38 bits per heavy atom. The van der Waals surface area contributed by atoms with Crippen molar-refractivity contribution in [3.05, 3.63) is 0 Å². The Kier molecular flexibility index (Phi) is 2.61. The predicted octanol–water partition coefficient (Wildman–Crippen LogP) is 2.11. The van der Waals surface area contributed by atoms with E-state index in [0.29, 0.717) is 0 Å². The summed E-state index contributed by atoms with van der Waals surface area (Å²) in [5, 5.41) is 10.1. The summed E-state index contributed by atoms with van der Waals surface area (Å²) in [5.41, 5.74) is -0.178. The Morgan fingerprint density at radius 2 is 2.00 bits per heavy atom. The molecular formula is C11H20O2.